The second-order valence-corrected chi connectivity index (χ2v) is 10.7. The first-order valence-electron chi connectivity index (χ1n) is 14.2. The number of halogens is 2. The highest BCUT2D eigenvalue weighted by Crippen LogP contribution is 2.31. The number of fused-ring (bicyclic) bond motifs is 1. The average Bonchev–Trinajstić information content (AvgIpc) is 3.79. The number of anilines is 2. The van der Waals surface area contributed by atoms with E-state index in [9.17, 15) is 19.2 Å². The van der Waals surface area contributed by atoms with Crippen molar-refractivity contribution in [3.8, 4) is 0 Å². The molecule has 2 aromatic heterocycles. The first kappa shape index (κ1) is 29.7. The lowest BCUT2D eigenvalue weighted by Gasteiger charge is -2.37. The van der Waals surface area contributed by atoms with Gasteiger partial charge >= 0.3 is 6.09 Å². The molecule has 236 valence electrons. The van der Waals surface area contributed by atoms with E-state index in [1.807, 2.05) is 0 Å². The maximum Gasteiger partial charge on any atom is 0.414 e. The molecule has 5 heterocycles. The van der Waals surface area contributed by atoms with E-state index in [-0.39, 0.29) is 62.2 Å². The number of hydrogen-bond donors (Lipinski definition) is 2. The molecule has 2 saturated heterocycles. The summed E-state index contributed by atoms with van der Waals surface area (Å²) in [6.07, 6.45) is 4.29. The van der Waals surface area contributed by atoms with Gasteiger partial charge < -0.3 is 30.0 Å². The lowest BCUT2D eigenvalue weighted by atomic mass is 10.1. The summed E-state index contributed by atoms with van der Waals surface area (Å²) in [7, 11) is 0. The Morgan fingerprint density at radius 1 is 1.13 bits per heavy atom. The summed E-state index contributed by atoms with van der Waals surface area (Å²) in [6.45, 7) is 2.14. The van der Waals surface area contributed by atoms with Gasteiger partial charge in [0.1, 0.15) is 23.5 Å². The van der Waals surface area contributed by atoms with Crippen molar-refractivity contribution in [1.29, 1.82) is 0 Å². The van der Waals surface area contributed by atoms with Crippen LogP contribution in [0.5, 0.6) is 0 Å². The van der Waals surface area contributed by atoms with Gasteiger partial charge in [-0.3, -0.25) is 23.7 Å². The van der Waals surface area contributed by atoms with Gasteiger partial charge in [-0.05, 0) is 13.0 Å². The van der Waals surface area contributed by atoms with Crippen LogP contribution in [0.1, 0.15) is 23.8 Å². The number of oxime groups is 1. The van der Waals surface area contributed by atoms with Crippen LogP contribution in [-0.4, -0.2) is 107 Å². The number of amides is 4. The van der Waals surface area contributed by atoms with E-state index in [0.717, 1.165) is 17.0 Å². The van der Waals surface area contributed by atoms with Crippen LogP contribution >= 0.6 is 0 Å². The van der Waals surface area contributed by atoms with Gasteiger partial charge in [-0.1, -0.05) is 5.16 Å². The number of carbonyl (C=O) groups is 4. The highest BCUT2D eigenvalue weighted by Gasteiger charge is 2.35. The van der Waals surface area contributed by atoms with Gasteiger partial charge in [-0.15, -0.1) is 0 Å². The van der Waals surface area contributed by atoms with Crippen LogP contribution in [0, 0.1) is 11.6 Å². The largest absolute Gasteiger partial charge is 0.442 e. The average molecular weight is 626 g/mol. The molecule has 6 rings (SSSR count). The number of aromatic nitrogens is 3. The number of hydrogen-bond acceptors (Lipinski definition) is 10. The fourth-order valence-corrected chi connectivity index (χ4v) is 5.33. The molecule has 0 spiro atoms. The Balaban J connectivity index is 1.02. The Morgan fingerprint density at radius 2 is 1.89 bits per heavy atom. The van der Waals surface area contributed by atoms with Crippen LogP contribution in [0.15, 0.2) is 41.9 Å². The minimum Gasteiger partial charge on any atom is -0.442 e. The summed E-state index contributed by atoms with van der Waals surface area (Å²) in [4.78, 5) is 67.5. The molecule has 17 heteroatoms. The Hall–Kier alpha value is -5.35. The van der Waals surface area contributed by atoms with E-state index in [0.29, 0.717) is 12.2 Å². The lowest BCUT2D eigenvalue weighted by molar-refractivity contribution is -0.133. The molecule has 0 bridgehead atoms. The molecule has 2 fully saturated rings. The van der Waals surface area contributed by atoms with Gasteiger partial charge in [0.15, 0.2) is 11.6 Å². The molecule has 1 aromatic carbocycles. The second-order valence-electron chi connectivity index (χ2n) is 10.7. The Morgan fingerprint density at radius 3 is 2.58 bits per heavy atom. The van der Waals surface area contributed by atoms with Crippen LogP contribution in [0.2, 0.25) is 0 Å². The number of nitrogens with one attached hydrogen (secondary N) is 2. The summed E-state index contributed by atoms with van der Waals surface area (Å²) >= 11 is 0. The van der Waals surface area contributed by atoms with Crippen LogP contribution in [0.25, 0.3) is 5.78 Å². The van der Waals surface area contributed by atoms with E-state index >= 15 is 8.78 Å². The molecular weight excluding hydrogens is 596 g/mol. The monoisotopic (exact) mass is 625 g/mol. The number of ether oxygens (including phenoxy) is 1. The third-order valence-electron chi connectivity index (χ3n) is 7.66. The standard InChI is InChI=1S/C28H29F2N9O6/c1-16(34-24(40)21-15-38-6-2-4-31-27(38)35-21)26(42)37-9-7-36(8-10-37)23-19(29)11-17(12-20(23)30)39-14-18(44-28(39)43)13-32-25(41)22-3-5-33-45-22/h2,4-6,11-12,15-16,18,22H,3,7-10,13-14H2,1H3,(H,32,41)(H,34,40)/t16-,18-,22?/m0/s1. The van der Waals surface area contributed by atoms with E-state index in [1.54, 1.807) is 29.8 Å². The van der Waals surface area contributed by atoms with Crippen molar-refractivity contribution in [3.05, 3.63) is 54.1 Å². The van der Waals surface area contributed by atoms with Gasteiger partial charge in [0.05, 0.1) is 18.8 Å². The smallest absolute Gasteiger partial charge is 0.414 e. The number of carbonyl (C=O) groups excluding carboxylic acids is 4. The maximum absolute atomic E-state index is 15.3. The Kier molecular flexibility index (Phi) is 8.14. The van der Waals surface area contributed by atoms with E-state index in [2.05, 4.69) is 25.8 Å². The van der Waals surface area contributed by atoms with Gasteiger partial charge in [-0.2, -0.15) is 0 Å². The van der Waals surface area contributed by atoms with E-state index < -0.39 is 47.8 Å². The molecule has 3 atom stereocenters. The number of piperazine rings is 1. The number of cyclic esters (lactones) is 1. The van der Waals surface area contributed by atoms with Gasteiger partial charge in [0.25, 0.3) is 11.8 Å². The van der Waals surface area contributed by atoms with Crippen molar-refractivity contribution >= 4 is 47.2 Å². The highest BCUT2D eigenvalue weighted by atomic mass is 19.1. The predicted octanol–water partition coefficient (Wildman–Crippen LogP) is 0.691. The normalized spacial score (nSPS) is 20.2. The first-order valence-corrected chi connectivity index (χ1v) is 14.2. The van der Waals surface area contributed by atoms with Crippen molar-refractivity contribution in [3.63, 3.8) is 0 Å². The van der Waals surface area contributed by atoms with Crippen molar-refractivity contribution in [2.75, 3.05) is 49.1 Å². The second kappa shape index (κ2) is 12.3. The van der Waals surface area contributed by atoms with Crippen LogP contribution in [0.4, 0.5) is 25.0 Å². The molecule has 0 saturated carbocycles. The molecule has 15 nitrogen and oxygen atoms in total. The number of nitrogens with zero attached hydrogens (tertiary/aromatic N) is 7. The zero-order chi connectivity index (χ0) is 31.7. The molecule has 1 unspecified atom stereocenters. The lowest BCUT2D eigenvalue weighted by Crippen LogP contribution is -2.54. The fourth-order valence-electron chi connectivity index (χ4n) is 5.33. The minimum absolute atomic E-state index is 0.00666. The van der Waals surface area contributed by atoms with Crippen molar-refractivity contribution in [1.82, 2.24) is 29.9 Å². The van der Waals surface area contributed by atoms with Gasteiger partial charge in [0, 0.05) is 69.5 Å². The Bertz CT molecular complexity index is 1610. The molecule has 3 aliphatic heterocycles. The number of benzene rings is 1. The molecule has 0 radical (unpaired) electrons. The van der Waals surface area contributed by atoms with Crippen molar-refractivity contribution < 1.29 is 37.5 Å². The first-order chi connectivity index (χ1) is 21.7. The topological polar surface area (TPSA) is 163 Å². The van der Waals surface area contributed by atoms with Crippen molar-refractivity contribution in [2.45, 2.75) is 31.6 Å². The molecule has 2 N–H and O–H groups in total. The molecular formula is C28H29F2N9O6. The minimum atomic E-state index is -0.879. The van der Waals surface area contributed by atoms with Gasteiger partial charge in [0.2, 0.25) is 17.8 Å². The summed E-state index contributed by atoms with van der Waals surface area (Å²) in [5.74, 6) is -2.70. The molecule has 0 aliphatic carbocycles. The van der Waals surface area contributed by atoms with Crippen LogP contribution in [0.3, 0.4) is 0 Å². The van der Waals surface area contributed by atoms with Gasteiger partial charge in [-0.25, -0.2) is 23.5 Å². The zero-order valence-electron chi connectivity index (χ0n) is 24.1. The zero-order valence-corrected chi connectivity index (χ0v) is 24.1. The summed E-state index contributed by atoms with van der Waals surface area (Å²) < 4.78 is 37.4. The van der Waals surface area contributed by atoms with Crippen molar-refractivity contribution in [2.24, 2.45) is 5.16 Å². The fraction of sp³-hybridized carbons (Fsp3) is 0.393. The molecule has 3 aromatic rings. The third kappa shape index (κ3) is 6.18. The number of rotatable bonds is 8. The third-order valence-corrected chi connectivity index (χ3v) is 7.66. The SMILES string of the molecule is C[C@H](NC(=O)c1cn2cccnc2n1)C(=O)N1CCN(c2c(F)cc(N3C[C@H](CNC(=O)C4CC=NO4)OC3=O)cc2F)CC1. The quantitative estimate of drug-likeness (QED) is 0.367. The molecule has 4 amide bonds. The summed E-state index contributed by atoms with van der Waals surface area (Å²) in [5, 5.41) is 8.80. The number of imidazole rings is 1. The van der Waals surface area contributed by atoms with Crippen LogP contribution in [-0.2, 0) is 19.2 Å². The van der Waals surface area contributed by atoms with E-state index in [1.165, 1.54) is 22.2 Å². The Labute approximate surface area is 254 Å². The van der Waals surface area contributed by atoms with Crippen LogP contribution < -0.4 is 20.4 Å². The predicted molar refractivity (Wildman–Crippen MR) is 154 cm³/mol. The molecule has 45 heavy (non-hydrogen) atoms. The van der Waals surface area contributed by atoms with E-state index in [4.69, 9.17) is 9.57 Å². The summed E-state index contributed by atoms with van der Waals surface area (Å²) in [5.41, 5.74) is -0.190. The highest BCUT2D eigenvalue weighted by molar-refractivity contribution is 5.96. The summed E-state index contributed by atoms with van der Waals surface area (Å²) in [6, 6.07) is 2.93. The maximum atomic E-state index is 15.3. The molecule has 3 aliphatic rings.